The van der Waals surface area contributed by atoms with Crippen molar-refractivity contribution in [3.05, 3.63) is 47.8 Å². The Labute approximate surface area is 106 Å². The molecule has 4 heteroatoms. The number of aromatic nitrogens is 2. The molecule has 0 radical (unpaired) electrons. The van der Waals surface area contributed by atoms with Crippen LogP contribution in [-0.4, -0.2) is 21.0 Å². The molecule has 1 aliphatic rings. The molecule has 3 rings (SSSR count). The van der Waals surface area contributed by atoms with Crippen LogP contribution in [0, 0.1) is 0 Å². The minimum Gasteiger partial charge on any atom is -0.490 e. The molecule has 1 heterocycles. The number of aliphatic hydroxyl groups is 1. The Kier molecular flexibility index (Phi) is 2.80. The fourth-order valence-corrected chi connectivity index (χ4v) is 1.91. The Hall–Kier alpha value is -1.81. The molecule has 2 aromatic rings. The number of ether oxygens (including phenoxy) is 1. The highest BCUT2D eigenvalue weighted by Gasteiger charge is 2.23. The summed E-state index contributed by atoms with van der Waals surface area (Å²) in [6.07, 6.45) is 5.49. The zero-order chi connectivity index (χ0) is 12.5. The summed E-state index contributed by atoms with van der Waals surface area (Å²) in [7, 11) is 1.84. The number of hydrogen-bond acceptors (Lipinski definition) is 3. The minimum atomic E-state index is -0.651. The van der Waals surface area contributed by atoms with E-state index in [0.29, 0.717) is 6.10 Å². The van der Waals surface area contributed by atoms with Crippen molar-refractivity contribution in [1.29, 1.82) is 0 Å². The standard InChI is InChI=1S/C14H16N2O2/c1-16-9-11(8-15-16)14(17)10-3-2-4-13(7-10)18-12-5-6-12/h2-4,7-9,12,14,17H,5-6H2,1H3. The molecule has 0 amide bonds. The lowest BCUT2D eigenvalue weighted by atomic mass is 10.0. The van der Waals surface area contributed by atoms with Crippen LogP contribution < -0.4 is 4.74 Å². The number of hydrogen-bond donors (Lipinski definition) is 1. The summed E-state index contributed by atoms with van der Waals surface area (Å²) in [4.78, 5) is 0. The molecule has 0 spiro atoms. The SMILES string of the molecule is Cn1cc(C(O)c2cccc(OC3CC3)c2)cn1. The number of aryl methyl sites for hydroxylation is 1. The molecule has 1 atom stereocenters. The summed E-state index contributed by atoms with van der Waals surface area (Å²) >= 11 is 0. The zero-order valence-corrected chi connectivity index (χ0v) is 10.3. The number of nitrogens with zero attached hydrogens (tertiary/aromatic N) is 2. The first-order valence-corrected chi connectivity index (χ1v) is 6.15. The molecule has 1 N–H and O–H groups in total. The predicted molar refractivity (Wildman–Crippen MR) is 67.4 cm³/mol. The van der Waals surface area contributed by atoms with Crippen molar-refractivity contribution in [2.75, 3.05) is 0 Å². The van der Waals surface area contributed by atoms with Gasteiger partial charge in [-0.15, -0.1) is 0 Å². The van der Waals surface area contributed by atoms with Crippen LogP contribution in [0.4, 0.5) is 0 Å². The largest absolute Gasteiger partial charge is 0.490 e. The summed E-state index contributed by atoms with van der Waals surface area (Å²) in [6, 6.07) is 7.64. The fourth-order valence-electron chi connectivity index (χ4n) is 1.91. The maximum absolute atomic E-state index is 10.3. The molecule has 1 unspecified atom stereocenters. The lowest BCUT2D eigenvalue weighted by molar-refractivity contribution is 0.219. The molecule has 1 aromatic carbocycles. The lowest BCUT2D eigenvalue weighted by Crippen LogP contribution is -2.01. The second-order valence-corrected chi connectivity index (χ2v) is 4.74. The van der Waals surface area contributed by atoms with E-state index in [1.165, 1.54) is 0 Å². The Morgan fingerprint density at radius 1 is 1.39 bits per heavy atom. The van der Waals surface area contributed by atoms with Crippen molar-refractivity contribution in [3.8, 4) is 5.75 Å². The van der Waals surface area contributed by atoms with Crippen LogP contribution in [0.5, 0.6) is 5.75 Å². The van der Waals surface area contributed by atoms with Gasteiger partial charge in [-0.1, -0.05) is 12.1 Å². The molecular formula is C14H16N2O2. The molecule has 1 aliphatic carbocycles. The molecule has 18 heavy (non-hydrogen) atoms. The summed E-state index contributed by atoms with van der Waals surface area (Å²) in [5.74, 6) is 0.831. The van der Waals surface area contributed by atoms with Crippen LogP contribution in [0.1, 0.15) is 30.1 Å². The molecule has 1 fully saturated rings. The van der Waals surface area contributed by atoms with E-state index in [1.807, 2.05) is 37.5 Å². The van der Waals surface area contributed by atoms with Crippen LogP contribution >= 0.6 is 0 Å². The first kappa shape index (κ1) is 11.3. The predicted octanol–water partition coefficient (Wildman–Crippen LogP) is 2.04. The average molecular weight is 244 g/mol. The van der Waals surface area contributed by atoms with Crippen LogP contribution in [0.15, 0.2) is 36.7 Å². The third-order valence-corrected chi connectivity index (χ3v) is 3.04. The van der Waals surface area contributed by atoms with E-state index < -0.39 is 6.10 Å². The Morgan fingerprint density at radius 3 is 2.89 bits per heavy atom. The number of rotatable bonds is 4. The highest BCUT2D eigenvalue weighted by atomic mass is 16.5. The molecule has 0 saturated heterocycles. The number of benzene rings is 1. The molecule has 1 saturated carbocycles. The molecule has 94 valence electrons. The van der Waals surface area contributed by atoms with Gasteiger partial charge in [0.15, 0.2) is 0 Å². The second kappa shape index (κ2) is 4.46. The molecule has 1 aromatic heterocycles. The lowest BCUT2D eigenvalue weighted by Gasteiger charge is -2.11. The van der Waals surface area contributed by atoms with Crippen molar-refractivity contribution in [2.24, 2.45) is 7.05 Å². The average Bonchev–Trinajstić information content (AvgIpc) is 3.08. The van der Waals surface area contributed by atoms with Crippen molar-refractivity contribution >= 4 is 0 Å². The summed E-state index contributed by atoms with van der Waals surface area (Å²) in [6.45, 7) is 0. The summed E-state index contributed by atoms with van der Waals surface area (Å²) in [5.41, 5.74) is 1.63. The van der Waals surface area contributed by atoms with E-state index in [1.54, 1.807) is 10.9 Å². The zero-order valence-electron chi connectivity index (χ0n) is 10.3. The van der Waals surface area contributed by atoms with E-state index in [2.05, 4.69) is 5.10 Å². The highest BCUT2D eigenvalue weighted by molar-refractivity contribution is 5.34. The van der Waals surface area contributed by atoms with E-state index in [4.69, 9.17) is 4.74 Å². The maximum atomic E-state index is 10.3. The van der Waals surface area contributed by atoms with E-state index in [-0.39, 0.29) is 0 Å². The molecule has 4 nitrogen and oxygen atoms in total. The van der Waals surface area contributed by atoms with Gasteiger partial charge >= 0.3 is 0 Å². The van der Waals surface area contributed by atoms with Gasteiger partial charge in [0.2, 0.25) is 0 Å². The van der Waals surface area contributed by atoms with Gasteiger partial charge in [0, 0.05) is 18.8 Å². The third-order valence-electron chi connectivity index (χ3n) is 3.04. The normalized spacial score (nSPS) is 16.6. The summed E-state index contributed by atoms with van der Waals surface area (Å²) in [5, 5.41) is 14.3. The van der Waals surface area contributed by atoms with Crippen molar-refractivity contribution in [1.82, 2.24) is 9.78 Å². The maximum Gasteiger partial charge on any atom is 0.120 e. The smallest absolute Gasteiger partial charge is 0.120 e. The van der Waals surface area contributed by atoms with Gasteiger partial charge in [-0.3, -0.25) is 4.68 Å². The van der Waals surface area contributed by atoms with E-state index in [9.17, 15) is 5.11 Å². The number of aliphatic hydroxyl groups excluding tert-OH is 1. The van der Waals surface area contributed by atoms with Gasteiger partial charge in [-0.05, 0) is 30.5 Å². The highest BCUT2D eigenvalue weighted by Crippen LogP contribution is 2.29. The minimum absolute atomic E-state index is 0.371. The Morgan fingerprint density at radius 2 is 2.22 bits per heavy atom. The van der Waals surface area contributed by atoms with Gasteiger partial charge in [0.05, 0.1) is 12.3 Å². The van der Waals surface area contributed by atoms with Crippen LogP contribution in [0.25, 0.3) is 0 Å². The van der Waals surface area contributed by atoms with Gasteiger partial charge in [0.1, 0.15) is 11.9 Å². The second-order valence-electron chi connectivity index (χ2n) is 4.74. The van der Waals surface area contributed by atoms with Gasteiger partial charge in [-0.25, -0.2) is 0 Å². The van der Waals surface area contributed by atoms with E-state index >= 15 is 0 Å². The van der Waals surface area contributed by atoms with E-state index in [0.717, 1.165) is 29.7 Å². The molecular weight excluding hydrogens is 228 g/mol. The third kappa shape index (κ3) is 2.38. The Balaban J connectivity index is 1.81. The van der Waals surface area contributed by atoms with Crippen molar-refractivity contribution in [2.45, 2.75) is 25.0 Å². The quantitative estimate of drug-likeness (QED) is 0.895. The van der Waals surface area contributed by atoms with Crippen LogP contribution in [0.3, 0.4) is 0 Å². The first-order chi connectivity index (χ1) is 8.72. The Bertz CT molecular complexity index is 546. The summed E-state index contributed by atoms with van der Waals surface area (Å²) < 4.78 is 7.41. The molecule has 0 bridgehead atoms. The first-order valence-electron chi connectivity index (χ1n) is 6.15. The van der Waals surface area contributed by atoms with Gasteiger partial charge in [0.25, 0.3) is 0 Å². The van der Waals surface area contributed by atoms with Gasteiger partial charge < -0.3 is 9.84 Å². The van der Waals surface area contributed by atoms with Crippen molar-refractivity contribution < 1.29 is 9.84 Å². The topological polar surface area (TPSA) is 47.3 Å². The fraction of sp³-hybridized carbons (Fsp3) is 0.357. The molecule has 0 aliphatic heterocycles. The van der Waals surface area contributed by atoms with Crippen molar-refractivity contribution in [3.63, 3.8) is 0 Å². The van der Waals surface area contributed by atoms with Gasteiger partial charge in [-0.2, -0.15) is 5.10 Å². The monoisotopic (exact) mass is 244 g/mol. The van der Waals surface area contributed by atoms with Crippen LogP contribution in [0.2, 0.25) is 0 Å². The van der Waals surface area contributed by atoms with Crippen LogP contribution in [-0.2, 0) is 7.05 Å².